The van der Waals surface area contributed by atoms with Gasteiger partial charge in [0.05, 0.1) is 18.1 Å². The number of carbonyl (C=O) groups is 1. The highest BCUT2D eigenvalue weighted by Gasteiger charge is 2.22. The Labute approximate surface area is 151 Å². The maximum atomic E-state index is 12.7. The molecule has 0 bridgehead atoms. The van der Waals surface area contributed by atoms with E-state index < -0.39 is 5.97 Å². The number of ether oxygens (including phenoxy) is 2. The monoisotopic (exact) mass is 352 g/mol. The second-order valence-electron chi connectivity index (χ2n) is 6.23. The van der Waals surface area contributed by atoms with Crippen molar-refractivity contribution >= 4 is 5.97 Å². The Morgan fingerprint density at radius 3 is 2.81 bits per heavy atom. The molecule has 1 aromatic carbocycles. The third-order valence-corrected chi connectivity index (χ3v) is 4.37. The lowest BCUT2D eigenvalue weighted by Gasteiger charge is -2.22. The molecule has 0 saturated carbocycles. The van der Waals surface area contributed by atoms with E-state index in [9.17, 15) is 4.79 Å². The van der Waals surface area contributed by atoms with Crippen molar-refractivity contribution in [3.05, 3.63) is 60.5 Å². The summed E-state index contributed by atoms with van der Waals surface area (Å²) >= 11 is 0. The highest BCUT2D eigenvalue weighted by Crippen LogP contribution is 2.23. The molecule has 3 heterocycles. The van der Waals surface area contributed by atoms with Crippen molar-refractivity contribution in [3.8, 4) is 17.1 Å². The fourth-order valence-corrected chi connectivity index (χ4v) is 3.02. The molecular formula is C20H20N2O4. The smallest absolute Gasteiger partial charge is 0.357 e. The van der Waals surface area contributed by atoms with Gasteiger partial charge in [-0.3, -0.25) is 0 Å². The summed E-state index contributed by atoms with van der Waals surface area (Å²) < 4.78 is 18.1. The van der Waals surface area contributed by atoms with E-state index in [0.29, 0.717) is 17.1 Å². The molecule has 0 radical (unpaired) electrons. The Morgan fingerprint density at radius 1 is 1.19 bits per heavy atom. The zero-order valence-corrected chi connectivity index (χ0v) is 14.3. The van der Waals surface area contributed by atoms with Crippen molar-refractivity contribution in [3.63, 3.8) is 0 Å². The molecular weight excluding hydrogens is 332 g/mol. The normalized spacial score (nSPS) is 17.2. The highest BCUT2D eigenvalue weighted by atomic mass is 16.6. The summed E-state index contributed by atoms with van der Waals surface area (Å²) in [6.07, 6.45) is 4.65. The number of aromatic nitrogens is 2. The van der Waals surface area contributed by atoms with E-state index in [1.807, 2.05) is 36.4 Å². The van der Waals surface area contributed by atoms with Crippen molar-refractivity contribution in [2.45, 2.75) is 25.4 Å². The maximum absolute atomic E-state index is 12.7. The molecule has 26 heavy (non-hydrogen) atoms. The molecule has 0 N–H and O–H groups in total. The van der Waals surface area contributed by atoms with Gasteiger partial charge in [-0.05, 0) is 43.5 Å². The summed E-state index contributed by atoms with van der Waals surface area (Å²) in [5.41, 5.74) is 1.73. The van der Waals surface area contributed by atoms with Crippen LogP contribution in [0.15, 0.2) is 59.2 Å². The van der Waals surface area contributed by atoms with Gasteiger partial charge in [-0.2, -0.15) is 5.10 Å². The van der Waals surface area contributed by atoms with Crippen LogP contribution in [-0.2, 0) is 9.47 Å². The van der Waals surface area contributed by atoms with Gasteiger partial charge in [0.1, 0.15) is 12.3 Å². The number of hydrogen-bond donors (Lipinski definition) is 0. The minimum absolute atomic E-state index is 0.0228. The van der Waals surface area contributed by atoms with Gasteiger partial charge < -0.3 is 13.9 Å². The first-order chi connectivity index (χ1) is 12.8. The van der Waals surface area contributed by atoms with Gasteiger partial charge in [0.2, 0.25) is 0 Å². The third kappa shape index (κ3) is 3.55. The lowest BCUT2D eigenvalue weighted by Crippen LogP contribution is -2.26. The van der Waals surface area contributed by atoms with Crippen molar-refractivity contribution < 1.29 is 18.7 Å². The maximum Gasteiger partial charge on any atom is 0.357 e. The van der Waals surface area contributed by atoms with Crippen LogP contribution in [0.25, 0.3) is 17.1 Å². The molecule has 1 saturated heterocycles. The summed E-state index contributed by atoms with van der Waals surface area (Å²) in [6, 6.07) is 14.8. The van der Waals surface area contributed by atoms with E-state index in [1.54, 1.807) is 23.1 Å². The largest absolute Gasteiger partial charge is 0.463 e. The fourth-order valence-electron chi connectivity index (χ4n) is 3.02. The number of nitrogens with zero attached hydrogens (tertiary/aromatic N) is 2. The second-order valence-corrected chi connectivity index (χ2v) is 6.23. The molecule has 3 aromatic rings. The number of rotatable bonds is 5. The number of furan rings is 1. The first-order valence-corrected chi connectivity index (χ1v) is 8.79. The van der Waals surface area contributed by atoms with Gasteiger partial charge in [-0.15, -0.1) is 0 Å². The Morgan fingerprint density at radius 2 is 2.08 bits per heavy atom. The van der Waals surface area contributed by atoms with Gasteiger partial charge in [-0.1, -0.05) is 18.2 Å². The number of esters is 1. The predicted octanol–water partition coefficient (Wildman–Crippen LogP) is 3.86. The standard InChI is InChI=1S/C20H20N2O4/c23-20(26-14-16-9-4-5-11-24-16)18-13-17(19-10-6-12-25-19)21-22(18)15-7-2-1-3-8-15/h1-3,6-8,10,12-13,16H,4-5,9,11,14H2. The Bertz CT molecular complexity index is 849. The molecule has 0 aliphatic carbocycles. The number of hydrogen-bond acceptors (Lipinski definition) is 5. The van der Waals surface area contributed by atoms with E-state index in [0.717, 1.165) is 31.6 Å². The average molecular weight is 352 g/mol. The van der Waals surface area contributed by atoms with Crippen LogP contribution in [-0.4, -0.2) is 35.1 Å². The molecule has 1 fully saturated rings. The molecule has 1 atom stereocenters. The SMILES string of the molecule is O=C(OCC1CCCCO1)c1cc(-c2ccco2)nn1-c1ccccc1. The first kappa shape index (κ1) is 16.6. The van der Waals surface area contributed by atoms with Crippen LogP contribution in [0.1, 0.15) is 29.8 Å². The molecule has 134 valence electrons. The van der Waals surface area contributed by atoms with E-state index in [1.165, 1.54) is 0 Å². The Balaban J connectivity index is 1.59. The molecule has 0 spiro atoms. The molecule has 4 rings (SSSR count). The van der Waals surface area contributed by atoms with Crippen molar-refractivity contribution in [1.29, 1.82) is 0 Å². The molecule has 1 aliphatic rings. The van der Waals surface area contributed by atoms with Gasteiger partial charge in [0, 0.05) is 12.7 Å². The molecule has 6 nitrogen and oxygen atoms in total. The molecule has 0 amide bonds. The summed E-state index contributed by atoms with van der Waals surface area (Å²) in [7, 11) is 0. The Kier molecular flexibility index (Phi) is 4.84. The van der Waals surface area contributed by atoms with Gasteiger partial charge in [0.15, 0.2) is 11.5 Å². The summed E-state index contributed by atoms with van der Waals surface area (Å²) in [5.74, 6) is 0.178. The molecule has 1 unspecified atom stereocenters. The fraction of sp³-hybridized carbons (Fsp3) is 0.300. The highest BCUT2D eigenvalue weighted by molar-refractivity contribution is 5.89. The summed E-state index contributed by atoms with van der Waals surface area (Å²) in [4.78, 5) is 12.7. The molecule has 6 heteroatoms. The van der Waals surface area contributed by atoms with Gasteiger partial charge >= 0.3 is 5.97 Å². The minimum atomic E-state index is -0.423. The van der Waals surface area contributed by atoms with Crippen LogP contribution in [0.2, 0.25) is 0 Å². The van der Waals surface area contributed by atoms with E-state index in [-0.39, 0.29) is 12.7 Å². The quantitative estimate of drug-likeness (QED) is 0.652. The van der Waals surface area contributed by atoms with Crippen molar-refractivity contribution in [2.24, 2.45) is 0 Å². The number of para-hydroxylation sites is 1. The topological polar surface area (TPSA) is 66.5 Å². The number of carbonyl (C=O) groups excluding carboxylic acids is 1. The van der Waals surface area contributed by atoms with Crippen molar-refractivity contribution in [1.82, 2.24) is 9.78 Å². The van der Waals surface area contributed by atoms with Gasteiger partial charge in [-0.25, -0.2) is 9.48 Å². The first-order valence-electron chi connectivity index (χ1n) is 8.79. The van der Waals surface area contributed by atoms with Crippen LogP contribution < -0.4 is 0 Å². The van der Waals surface area contributed by atoms with E-state index >= 15 is 0 Å². The summed E-state index contributed by atoms with van der Waals surface area (Å²) in [6.45, 7) is 0.988. The lowest BCUT2D eigenvalue weighted by molar-refractivity contribution is -0.0303. The van der Waals surface area contributed by atoms with Crippen LogP contribution in [0.5, 0.6) is 0 Å². The molecule has 1 aliphatic heterocycles. The molecule has 2 aromatic heterocycles. The van der Waals surface area contributed by atoms with Crippen LogP contribution >= 0.6 is 0 Å². The lowest BCUT2D eigenvalue weighted by atomic mass is 10.1. The van der Waals surface area contributed by atoms with Crippen LogP contribution in [0.3, 0.4) is 0 Å². The van der Waals surface area contributed by atoms with E-state index in [4.69, 9.17) is 13.9 Å². The number of benzene rings is 1. The van der Waals surface area contributed by atoms with Crippen LogP contribution in [0, 0.1) is 0 Å². The summed E-state index contributed by atoms with van der Waals surface area (Å²) in [5, 5.41) is 4.53. The average Bonchev–Trinajstić information content (AvgIpc) is 3.37. The second kappa shape index (κ2) is 7.58. The van der Waals surface area contributed by atoms with Crippen LogP contribution in [0.4, 0.5) is 0 Å². The third-order valence-electron chi connectivity index (χ3n) is 4.37. The predicted molar refractivity (Wildman–Crippen MR) is 95.1 cm³/mol. The minimum Gasteiger partial charge on any atom is -0.463 e. The van der Waals surface area contributed by atoms with E-state index in [2.05, 4.69) is 5.10 Å². The zero-order valence-electron chi connectivity index (χ0n) is 14.3. The van der Waals surface area contributed by atoms with Crippen molar-refractivity contribution in [2.75, 3.05) is 13.2 Å². The Hall–Kier alpha value is -2.86. The zero-order chi connectivity index (χ0) is 17.8. The van der Waals surface area contributed by atoms with Gasteiger partial charge in [0.25, 0.3) is 0 Å².